The monoisotopic (exact) mass is 333 g/mol. The van der Waals surface area contributed by atoms with Gasteiger partial charge in [-0.25, -0.2) is 13.1 Å². The second kappa shape index (κ2) is 7.85. The number of pyridine rings is 1. The Morgan fingerprint density at radius 1 is 1.13 bits per heavy atom. The Morgan fingerprint density at radius 3 is 2.48 bits per heavy atom. The van der Waals surface area contributed by atoms with Gasteiger partial charge in [-0.05, 0) is 24.1 Å². The van der Waals surface area contributed by atoms with Crippen molar-refractivity contribution in [1.82, 2.24) is 15.0 Å². The van der Waals surface area contributed by atoms with E-state index in [9.17, 15) is 13.2 Å². The molecule has 0 fully saturated rings. The van der Waals surface area contributed by atoms with Crippen LogP contribution in [0.25, 0.3) is 0 Å². The number of carbonyl (C=O) groups excluding carboxylic acids is 1. The standard InChI is InChI=1S/C16H19N3O3S/c1-13(16(20)18-11-15-8-5-9-17-10-15)19-23(21,22)12-14-6-3-2-4-7-14/h2-10,13,19H,11-12H2,1H3,(H,18,20)/t13-/m0/s1. The highest BCUT2D eigenvalue weighted by atomic mass is 32.2. The van der Waals surface area contributed by atoms with Crippen molar-refractivity contribution < 1.29 is 13.2 Å². The highest BCUT2D eigenvalue weighted by molar-refractivity contribution is 7.88. The third-order valence-corrected chi connectivity index (χ3v) is 4.56. The zero-order valence-corrected chi connectivity index (χ0v) is 13.6. The molecule has 0 saturated carbocycles. The third-order valence-electron chi connectivity index (χ3n) is 3.14. The van der Waals surface area contributed by atoms with E-state index in [4.69, 9.17) is 0 Å². The lowest BCUT2D eigenvalue weighted by Gasteiger charge is -2.14. The van der Waals surface area contributed by atoms with Gasteiger partial charge >= 0.3 is 0 Å². The molecule has 2 rings (SSSR count). The van der Waals surface area contributed by atoms with Gasteiger partial charge in [-0.3, -0.25) is 9.78 Å². The van der Waals surface area contributed by atoms with Gasteiger partial charge in [-0.15, -0.1) is 0 Å². The van der Waals surface area contributed by atoms with Gasteiger partial charge in [0.1, 0.15) is 0 Å². The molecular formula is C16H19N3O3S. The van der Waals surface area contributed by atoms with Crippen molar-refractivity contribution >= 4 is 15.9 Å². The van der Waals surface area contributed by atoms with Crippen molar-refractivity contribution in [2.24, 2.45) is 0 Å². The van der Waals surface area contributed by atoms with Crippen LogP contribution in [0.1, 0.15) is 18.1 Å². The van der Waals surface area contributed by atoms with Crippen LogP contribution < -0.4 is 10.0 Å². The molecule has 2 N–H and O–H groups in total. The lowest BCUT2D eigenvalue weighted by molar-refractivity contribution is -0.122. The minimum Gasteiger partial charge on any atom is -0.351 e. The van der Waals surface area contributed by atoms with Gasteiger partial charge in [0.15, 0.2) is 0 Å². The van der Waals surface area contributed by atoms with Crippen LogP contribution >= 0.6 is 0 Å². The summed E-state index contributed by atoms with van der Waals surface area (Å²) < 4.78 is 26.6. The van der Waals surface area contributed by atoms with Gasteiger partial charge in [0, 0.05) is 18.9 Å². The molecule has 0 aliphatic carbocycles. The first-order chi connectivity index (χ1) is 11.0. The third kappa shape index (κ3) is 5.80. The minimum absolute atomic E-state index is 0.159. The van der Waals surface area contributed by atoms with E-state index in [0.29, 0.717) is 12.1 Å². The first kappa shape index (κ1) is 17.1. The summed E-state index contributed by atoms with van der Waals surface area (Å²) in [5.41, 5.74) is 1.52. The number of aromatic nitrogens is 1. The SMILES string of the molecule is C[C@H](NS(=O)(=O)Cc1ccccc1)C(=O)NCc1cccnc1. The molecule has 0 bridgehead atoms. The second-order valence-corrected chi connectivity index (χ2v) is 6.92. The Bertz CT molecular complexity index is 734. The predicted molar refractivity (Wildman–Crippen MR) is 87.7 cm³/mol. The molecule has 0 saturated heterocycles. The van der Waals surface area contributed by atoms with E-state index in [0.717, 1.165) is 5.56 Å². The first-order valence-corrected chi connectivity index (χ1v) is 8.82. The van der Waals surface area contributed by atoms with E-state index in [-0.39, 0.29) is 11.7 Å². The zero-order chi connectivity index (χ0) is 16.7. The number of sulfonamides is 1. The molecule has 1 heterocycles. The van der Waals surface area contributed by atoms with E-state index in [1.54, 1.807) is 42.7 Å². The number of benzene rings is 1. The van der Waals surface area contributed by atoms with Gasteiger partial charge in [-0.2, -0.15) is 0 Å². The molecule has 0 unspecified atom stereocenters. The fourth-order valence-electron chi connectivity index (χ4n) is 2.00. The van der Waals surface area contributed by atoms with E-state index in [1.807, 2.05) is 12.1 Å². The number of nitrogens with zero attached hydrogens (tertiary/aromatic N) is 1. The van der Waals surface area contributed by atoms with Gasteiger partial charge in [0.05, 0.1) is 11.8 Å². The summed E-state index contributed by atoms with van der Waals surface area (Å²) in [7, 11) is -3.59. The molecule has 6 nitrogen and oxygen atoms in total. The number of nitrogens with one attached hydrogen (secondary N) is 2. The summed E-state index contributed by atoms with van der Waals surface area (Å²) in [6.07, 6.45) is 3.29. The topological polar surface area (TPSA) is 88.2 Å². The maximum absolute atomic E-state index is 12.1. The summed E-state index contributed by atoms with van der Waals surface area (Å²) in [6, 6.07) is 11.6. The van der Waals surface area contributed by atoms with E-state index in [2.05, 4.69) is 15.0 Å². The van der Waals surface area contributed by atoms with Gasteiger partial charge in [0.2, 0.25) is 15.9 Å². The highest BCUT2D eigenvalue weighted by Crippen LogP contribution is 2.05. The maximum Gasteiger partial charge on any atom is 0.238 e. The predicted octanol–water partition coefficient (Wildman–Crippen LogP) is 1.21. The smallest absolute Gasteiger partial charge is 0.238 e. The van der Waals surface area contributed by atoms with Crippen LogP contribution in [0.15, 0.2) is 54.9 Å². The second-order valence-electron chi connectivity index (χ2n) is 5.16. The zero-order valence-electron chi connectivity index (χ0n) is 12.8. The summed E-state index contributed by atoms with van der Waals surface area (Å²) >= 11 is 0. The Hall–Kier alpha value is -2.25. The van der Waals surface area contributed by atoms with Crippen LogP contribution in [0.4, 0.5) is 0 Å². The molecule has 1 atom stereocenters. The van der Waals surface area contributed by atoms with Crippen LogP contribution in [0, 0.1) is 0 Å². The van der Waals surface area contributed by atoms with Crippen molar-refractivity contribution in [1.29, 1.82) is 0 Å². The summed E-state index contributed by atoms with van der Waals surface area (Å²) in [5, 5.41) is 2.68. The van der Waals surface area contributed by atoms with Gasteiger partial charge in [-0.1, -0.05) is 36.4 Å². The molecule has 2 aromatic rings. The van der Waals surface area contributed by atoms with Crippen LogP contribution in [0.2, 0.25) is 0 Å². The van der Waals surface area contributed by atoms with Crippen LogP contribution in [-0.2, 0) is 27.1 Å². The molecule has 0 radical (unpaired) electrons. The molecule has 0 aliphatic heterocycles. The average molecular weight is 333 g/mol. The maximum atomic E-state index is 12.1. The van der Waals surface area contributed by atoms with Crippen LogP contribution in [0.5, 0.6) is 0 Å². The molecule has 0 spiro atoms. The number of hydrogen-bond acceptors (Lipinski definition) is 4. The normalized spacial score (nSPS) is 12.6. The molecule has 1 aromatic carbocycles. The van der Waals surface area contributed by atoms with Crippen LogP contribution in [-0.4, -0.2) is 25.4 Å². The number of hydrogen-bond donors (Lipinski definition) is 2. The molecule has 7 heteroatoms. The molecule has 0 aliphatic rings. The first-order valence-electron chi connectivity index (χ1n) is 7.17. The van der Waals surface area contributed by atoms with Gasteiger partial charge < -0.3 is 5.32 Å². The summed E-state index contributed by atoms with van der Waals surface area (Å²) in [5.74, 6) is -0.542. The Morgan fingerprint density at radius 2 is 1.83 bits per heavy atom. The Kier molecular flexibility index (Phi) is 5.84. The molecule has 1 amide bonds. The fourth-order valence-corrected chi connectivity index (χ4v) is 3.36. The largest absolute Gasteiger partial charge is 0.351 e. The van der Waals surface area contributed by atoms with E-state index in [1.165, 1.54) is 6.92 Å². The number of amides is 1. The highest BCUT2D eigenvalue weighted by Gasteiger charge is 2.20. The summed E-state index contributed by atoms with van der Waals surface area (Å²) in [6.45, 7) is 1.82. The lowest BCUT2D eigenvalue weighted by atomic mass is 10.2. The Labute approximate surface area is 136 Å². The quantitative estimate of drug-likeness (QED) is 0.797. The van der Waals surface area contributed by atoms with E-state index < -0.39 is 16.1 Å². The molecule has 1 aromatic heterocycles. The van der Waals surface area contributed by atoms with Crippen molar-refractivity contribution in [2.75, 3.05) is 0 Å². The average Bonchev–Trinajstić information content (AvgIpc) is 2.53. The Balaban J connectivity index is 1.87. The van der Waals surface area contributed by atoms with Crippen molar-refractivity contribution in [3.63, 3.8) is 0 Å². The fraction of sp³-hybridized carbons (Fsp3) is 0.250. The van der Waals surface area contributed by atoms with Gasteiger partial charge in [0.25, 0.3) is 0 Å². The van der Waals surface area contributed by atoms with Crippen molar-refractivity contribution in [2.45, 2.75) is 25.3 Å². The van der Waals surface area contributed by atoms with E-state index >= 15 is 0 Å². The minimum atomic E-state index is -3.59. The van der Waals surface area contributed by atoms with Crippen molar-refractivity contribution in [3.8, 4) is 0 Å². The molecular weight excluding hydrogens is 314 g/mol. The van der Waals surface area contributed by atoms with Crippen molar-refractivity contribution in [3.05, 3.63) is 66.0 Å². The number of rotatable bonds is 7. The molecule has 23 heavy (non-hydrogen) atoms. The summed E-state index contributed by atoms with van der Waals surface area (Å²) in [4.78, 5) is 15.9. The molecule has 122 valence electrons. The van der Waals surface area contributed by atoms with Crippen LogP contribution in [0.3, 0.4) is 0 Å². The number of carbonyl (C=O) groups is 1. The lowest BCUT2D eigenvalue weighted by Crippen LogP contribution is -2.44.